The normalized spacial score (nSPS) is 11.2. The predicted octanol–water partition coefficient (Wildman–Crippen LogP) is 2.26. The number of phenolic OH excluding ortho intramolecular Hbond substituents is 1. The number of aromatic hydroxyl groups is 1. The van der Waals surface area contributed by atoms with Gasteiger partial charge in [0.05, 0.1) is 12.4 Å². The maximum Gasteiger partial charge on any atom is 0.245 e. The molecule has 4 N–H and O–H groups in total. The van der Waals surface area contributed by atoms with Gasteiger partial charge in [0, 0.05) is 37.0 Å². The molecule has 10 heteroatoms. The summed E-state index contributed by atoms with van der Waals surface area (Å²) in [4.78, 5) is 6.13. The van der Waals surface area contributed by atoms with Gasteiger partial charge in [-0.2, -0.15) is 5.10 Å². The van der Waals surface area contributed by atoms with Crippen molar-refractivity contribution in [2.45, 2.75) is 13.0 Å². The number of aromatic amines is 1. The van der Waals surface area contributed by atoms with Crippen LogP contribution in [0.2, 0.25) is 0 Å². The third kappa shape index (κ3) is 4.81. The van der Waals surface area contributed by atoms with Crippen molar-refractivity contribution in [3.05, 3.63) is 36.8 Å². The standard InChI is InChI=1S/C16H19N7O.2ClH/c1-10(17)9-23(2)16-18-8-14(21-22-16)13-4-3-11(5-15(13)24)12-6-19-20-7-12;;/h3-8,10,24H,9,17H2,1-2H3,(H,19,20);2*1H/t10-;;/m0../s1. The smallest absolute Gasteiger partial charge is 0.245 e. The number of phenols is 1. The van der Waals surface area contributed by atoms with E-state index < -0.39 is 0 Å². The summed E-state index contributed by atoms with van der Waals surface area (Å²) in [5, 5.41) is 25.2. The molecule has 0 unspecified atom stereocenters. The molecule has 1 atom stereocenters. The molecule has 0 saturated carbocycles. The van der Waals surface area contributed by atoms with Crippen molar-refractivity contribution >= 4 is 30.8 Å². The number of hydrogen-bond acceptors (Lipinski definition) is 7. The molecular weight excluding hydrogens is 377 g/mol. The molecule has 0 aliphatic heterocycles. The maximum atomic E-state index is 10.3. The van der Waals surface area contributed by atoms with E-state index in [-0.39, 0.29) is 36.6 Å². The fourth-order valence-corrected chi connectivity index (χ4v) is 2.42. The van der Waals surface area contributed by atoms with Gasteiger partial charge in [-0.25, -0.2) is 4.98 Å². The number of aromatic nitrogens is 5. The van der Waals surface area contributed by atoms with Gasteiger partial charge < -0.3 is 15.7 Å². The molecule has 3 rings (SSSR count). The Kier molecular flexibility index (Phi) is 7.76. The number of nitrogens with two attached hydrogens (primary N) is 1. The highest BCUT2D eigenvalue weighted by Crippen LogP contribution is 2.31. The molecule has 3 aromatic rings. The molecule has 0 radical (unpaired) electrons. The van der Waals surface area contributed by atoms with Crippen LogP contribution in [-0.4, -0.2) is 50.1 Å². The zero-order chi connectivity index (χ0) is 17.1. The molecule has 2 heterocycles. The highest BCUT2D eigenvalue weighted by Gasteiger charge is 2.12. The lowest BCUT2D eigenvalue weighted by atomic mass is 10.0. The number of benzene rings is 1. The Morgan fingerprint density at radius 1 is 1.19 bits per heavy atom. The average molecular weight is 398 g/mol. The third-order valence-corrected chi connectivity index (χ3v) is 3.56. The minimum atomic E-state index is 0. The summed E-state index contributed by atoms with van der Waals surface area (Å²) < 4.78 is 0. The van der Waals surface area contributed by atoms with E-state index in [0.717, 1.165) is 11.1 Å². The van der Waals surface area contributed by atoms with Crippen molar-refractivity contribution in [1.82, 2.24) is 25.4 Å². The van der Waals surface area contributed by atoms with E-state index in [1.165, 1.54) is 0 Å². The van der Waals surface area contributed by atoms with Gasteiger partial charge >= 0.3 is 0 Å². The second-order valence-corrected chi connectivity index (χ2v) is 5.72. The Morgan fingerprint density at radius 2 is 1.96 bits per heavy atom. The van der Waals surface area contributed by atoms with Crippen LogP contribution < -0.4 is 10.6 Å². The Hall–Kier alpha value is -2.42. The number of anilines is 1. The lowest BCUT2D eigenvalue weighted by Crippen LogP contribution is -2.33. The lowest BCUT2D eigenvalue weighted by molar-refractivity contribution is 0.477. The number of nitrogens with zero attached hydrogens (tertiary/aromatic N) is 5. The first-order chi connectivity index (χ1) is 11.5. The summed E-state index contributed by atoms with van der Waals surface area (Å²) >= 11 is 0. The molecule has 0 bridgehead atoms. The topological polar surface area (TPSA) is 117 Å². The molecule has 0 amide bonds. The molecule has 0 saturated heterocycles. The van der Waals surface area contributed by atoms with E-state index in [0.29, 0.717) is 23.8 Å². The van der Waals surface area contributed by atoms with Gasteiger partial charge in [0.1, 0.15) is 11.4 Å². The zero-order valence-corrected chi connectivity index (χ0v) is 16.0. The average Bonchev–Trinajstić information content (AvgIpc) is 3.09. The molecule has 0 spiro atoms. The summed E-state index contributed by atoms with van der Waals surface area (Å²) in [6.07, 6.45) is 5.05. The van der Waals surface area contributed by atoms with Crippen LogP contribution in [-0.2, 0) is 0 Å². The molecule has 1 aromatic carbocycles. The first-order valence-electron chi connectivity index (χ1n) is 7.53. The van der Waals surface area contributed by atoms with Crippen LogP contribution in [0, 0.1) is 0 Å². The number of likely N-dealkylation sites (N-methyl/N-ethyl adjacent to an activating group) is 1. The van der Waals surface area contributed by atoms with Crippen molar-refractivity contribution in [2.24, 2.45) is 5.73 Å². The predicted molar refractivity (Wildman–Crippen MR) is 106 cm³/mol. The Balaban J connectivity index is 0.00000169. The number of hydrogen-bond donors (Lipinski definition) is 3. The summed E-state index contributed by atoms with van der Waals surface area (Å²) in [5.74, 6) is 0.604. The number of nitrogens with one attached hydrogen (secondary N) is 1. The van der Waals surface area contributed by atoms with Gasteiger partial charge in [-0.05, 0) is 24.6 Å². The highest BCUT2D eigenvalue weighted by molar-refractivity contribution is 5.85. The molecule has 8 nitrogen and oxygen atoms in total. The van der Waals surface area contributed by atoms with Gasteiger partial charge in [-0.3, -0.25) is 5.10 Å². The number of rotatable bonds is 5. The zero-order valence-electron chi connectivity index (χ0n) is 14.3. The summed E-state index contributed by atoms with van der Waals surface area (Å²) in [7, 11) is 1.86. The van der Waals surface area contributed by atoms with Crippen LogP contribution in [0.1, 0.15) is 6.92 Å². The monoisotopic (exact) mass is 397 g/mol. The number of H-pyrrole nitrogens is 1. The first kappa shape index (κ1) is 21.6. The fourth-order valence-electron chi connectivity index (χ4n) is 2.42. The van der Waals surface area contributed by atoms with E-state index >= 15 is 0 Å². The Morgan fingerprint density at radius 3 is 2.50 bits per heavy atom. The molecule has 140 valence electrons. The fraction of sp³-hybridized carbons (Fsp3) is 0.250. The van der Waals surface area contributed by atoms with Crippen LogP contribution in [0.3, 0.4) is 0 Å². The largest absolute Gasteiger partial charge is 0.507 e. The van der Waals surface area contributed by atoms with Crippen molar-refractivity contribution in [1.29, 1.82) is 0 Å². The number of halogens is 2. The molecule has 2 aromatic heterocycles. The minimum absolute atomic E-state index is 0. The second-order valence-electron chi connectivity index (χ2n) is 5.72. The van der Waals surface area contributed by atoms with Crippen LogP contribution in [0.4, 0.5) is 5.95 Å². The van der Waals surface area contributed by atoms with Gasteiger partial charge in [-0.15, -0.1) is 35.0 Å². The van der Waals surface area contributed by atoms with Gasteiger partial charge in [0.25, 0.3) is 0 Å². The van der Waals surface area contributed by atoms with Crippen LogP contribution >= 0.6 is 24.8 Å². The van der Waals surface area contributed by atoms with E-state index in [2.05, 4.69) is 25.4 Å². The van der Waals surface area contributed by atoms with E-state index in [1.54, 1.807) is 30.7 Å². The van der Waals surface area contributed by atoms with Crippen molar-refractivity contribution < 1.29 is 5.11 Å². The van der Waals surface area contributed by atoms with Gasteiger partial charge in [0.2, 0.25) is 5.95 Å². The molecule has 0 fully saturated rings. The summed E-state index contributed by atoms with van der Waals surface area (Å²) in [6, 6.07) is 5.35. The lowest BCUT2D eigenvalue weighted by Gasteiger charge is -2.18. The summed E-state index contributed by atoms with van der Waals surface area (Å²) in [5.41, 5.74) is 8.60. The van der Waals surface area contributed by atoms with Crippen LogP contribution in [0.15, 0.2) is 36.8 Å². The highest BCUT2D eigenvalue weighted by atomic mass is 35.5. The third-order valence-electron chi connectivity index (χ3n) is 3.56. The maximum absolute atomic E-state index is 10.3. The molecular formula is C16H21Cl2N7O. The first-order valence-corrected chi connectivity index (χ1v) is 7.53. The second kappa shape index (κ2) is 9.33. The minimum Gasteiger partial charge on any atom is -0.507 e. The van der Waals surface area contributed by atoms with Crippen molar-refractivity contribution in [3.63, 3.8) is 0 Å². The Labute approximate surface area is 163 Å². The van der Waals surface area contributed by atoms with Crippen LogP contribution in [0.25, 0.3) is 22.4 Å². The SMILES string of the molecule is C[C@H](N)CN(C)c1ncc(-c2ccc(-c3cn[nH]c3)cc2O)nn1.Cl.Cl. The molecule has 26 heavy (non-hydrogen) atoms. The quantitative estimate of drug-likeness (QED) is 0.604. The van der Waals surface area contributed by atoms with E-state index in [9.17, 15) is 5.11 Å². The van der Waals surface area contributed by atoms with Crippen molar-refractivity contribution in [2.75, 3.05) is 18.5 Å². The van der Waals surface area contributed by atoms with Crippen LogP contribution in [0.5, 0.6) is 5.75 Å². The van der Waals surface area contributed by atoms with Gasteiger partial charge in [0.15, 0.2) is 0 Å². The molecule has 0 aliphatic carbocycles. The summed E-state index contributed by atoms with van der Waals surface area (Å²) in [6.45, 7) is 2.55. The molecule has 0 aliphatic rings. The van der Waals surface area contributed by atoms with E-state index in [4.69, 9.17) is 5.73 Å². The Bertz CT molecular complexity index is 810. The van der Waals surface area contributed by atoms with Crippen molar-refractivity contribution in [3.8, 4) is 28.1 Å². The van der Waals surface area contributed by atoms with E-state index in [1.807, 2.05) is 24.9 Å². The van der Waals surface area contributed by atoms with Gasteiger partial charge in [-0.1, -0.05) is 6.07 Å².